The number of nitrogens with one attached hydrogen (secondary N) is 1. The van der Waals surface area contributed by atoms with Gasteiger partial charge in [0, 0.05) is 18.2 Å². The molecule has 1 amide bonds. The molecule has 2 aromatic rings. The first kappa shape index (κ1) is 24.9. The van der Waals surface area contributed by atoms with Crippen molar-refractivity contribution in [3.63, 3.8) is 0 Å². The normalized spacial score (nSPS) is 11.7. The van der Waals surface area contributed by atoms with Gasteiger partial charge >= 0.3 is 0 Å². The molecule has 9 nitrogen and oxygen atoms in total. The first-order chi connectivity index (χ1) is 15.3. The van der Waals surface area contributed by atoms with E-state index in [1.807, 2.05) is 13.8 Å². The summed E-state index contributed by atoms with van der Waals surface area (Å²) in [7, 11) is 2.87. The van der Waals surface area contributed by atoms with Crippen LogP contribution in [0.15, 0.2) is 40.6 Å². The highest BCUT2D eigenvalue weighted by Gasteiger charge is 2.26. The summed E-state index contributed by atoms with van der Waals surface area (Å²) in [5.41, 5.74) is 0.535. The molecule has 0 saturated heterocycles. The Morgan fingerprint density at radius 3 is 2.16 bits per heavy atom. The molecular formula is C22H26ClN3O6. The molecule has 0 spiro atoms. The maximum absolute atomic E-state index is 12.8. The lowest BCUT2D eigenvalue weighted by Gasteiger charge is -2.16. The monoisotopic (exact) mass is 463 g/mol. The Balaban J connectivity index is 2.33. The van der Waals surface area contributed by atoms with Gasteiger partial charge in [0.2, 0.25) is 6.04 Å². The van der Waals surface area contributed by atoms with E-state index in [2.05, 4.69) is 15.5 Å². The average molecular weight is 464 g/mol. The van der Waals surface area contributed by atoms with Crippen molar-refractivity contribution < 1.29 is 28.5 Å². The van der Waals surface area contributed by atoms with Crippen LogP contribution in [0.2, 0.25) is 5.02 Å². The summed E-state index contributed by atoms with van der Waals surface area (Å²) in [5, 5.41) is 10.8. The number of ketones is 1. The van der Waals surface area contributed by atoms with Crippen molar-refractivity contribution in [2.45, 2.75) is 26.8 Å². The van der Waals surface area contributed by atoms with Crippen LogP contribution in [0, 0.1) is 0 Å². The van der Waals surface area contributed by atoms with Crippen LogP contribution in [0.3, 0.4) is 0 Å². The molecule has 1 atom stereocenters. The molecule has 0 fully saturated rings. The average Bonchev–Trinajstić information content (AvgIpc) is 2.75. The topological polar surface area (TPSA) is 108 Å². The van der Waals surface area contributed by atoms with Crippen LogP contribution < -0.4 is 24.3 Å². The number of rotatable bonds is 11. The Kier molecular flexibility index (Phi) is 9.27. The fraction of sp³-hybridized carbons (Fsp3) is 0.364. The minimum absolute atomic E-state index is 0.164. The first-order valence-electron chi connectivity index (χ1n) is 9.87. The summed E-state index contributed by atoms with van der Waals surface area (Å²) < 4.78 is 21.5. The van der Waals surface area contributed by atoms with Crippen LogP contribution in [0.1, 0.15) is 20.8 Å². The number of hydrogen-bond acceptors (Lipinski definition) is 8. The molecule has 1 unspecified atom stereocenters. The first-order valence-corrected chi connectivity index (χ1v) is 10.3. The van der Waals surface area contributed by atoms with E-state index < -0.39 is 17.7 Å². The van der Waals surface area contributed by atoms with Crippen LogP contribution in [-0.4, -0.2) is 45.2 Å². The molecule has 0 saturated carbocycles. The lowest BCUT2D eigenvalue weighted by atomic mass is 10.2. The van der Waals surface area contributed by atoms with E-state index in [9.17, 15) is 9.59 Å². The number of carbonyl (C=O) groups excluding carboxylic acids is 2. The Labute approximate surface area is 191 Å². The van der Waals surface area contributed by atoms with E-state index in [0.717, 1.165) is 0 Å². The highest BCUT2D eigenvalue weighted by atomic mass is 35.5. The third-order valence-electron chi connectivity index (χ3n) is 4.15. The van der Waals surface area contributed by atoms with Crippen molar-refractivity contribution in [2.24, 2.45) is 10.2 Å². The number of Topliss-reactive ketones (excluding diaryl/α,β-unsaturated/α-hetero) is 1. The number of amides is 1. The molecule has 0 aliphatic heterocycles. The molecule has 32 heavy (non-hydrogen) atoms. The van der Waals surface area contributed by atoms with Gasteiger partial charge in [-0.3, -0.25) is 9.59 Å². The highest BCUT2D eigenvalue weighted by Crippen LogP contribution is 2.40. The smallest absolute Gasteiger partial charge is 0.258 e. The number of carbonyl (C=O) groups is 2. The molecule has 10 heteroatoms. The van der Waals surface area contributed by atoms with Gasteiger partial charge in [0.05, 0.1) is 38.1 Å². The fourth-order valence-electron chi connectivity index (χ4n) is 2.77. The van der Waals surface area contributed by atoms with E-state index in [1.165, 1.54) is 27.2 Å². The van der Waals surface area contributed by atoms with Crippen molar-refractivity contribution >= 4 is 34.7 Å². The summed E-state index contributed by atoms with van der Waals surface area (Å²) in [6.45, 7) is 5.85. The van der Waals surface area contributed by atoms with Gasteiger partial charge in [-0.2, -0.15) is 10.2 Å². The summed E-state index contributed by atoms with van der Waals surface area (Å²) in [4.78, 5) is 25.0. The Hall–Kier alpha value is -3.33. The zero-order chi connectivity index (χ0) is 23.7. The highest BCUT2D eigenvalue weighted by molar-refractivity contribution is 6.34. The van der Waals surface area contributed by atoms with Crippen molar-refractivity contribution in [2.75, 3.05) is 32.8 Å². The Morgan fingerprint density at radius 1 is 1.03 bits per heavy atom. The maximum atomic E-state index is 12.8. The molecule has 0 heterocycles. The van der Waals surface area contributed by atoms with Gasteiger partial charge in [-0.15, -0.1) is 0 Å². The fourth-order valence-corrected chi connectivity index (χ4v) is 2.96. The van der Waals surface area contributed by atoms with Gasteiger partial charge in [0.15, 0.2) is 17.3 Å². The van der Waals surface area contributed by atoms with Crippen LogP contribution in [0.5, 0.6) is 23.0 Å². The van der Waals surface area contributed by atoms with Crippen LogP contribution in [-0.2, 0) is 9.59 Å². The van der Waals surface area contributed by atoms with Gasteiger partial charge in [-0.25, -0.2) is 0 Å². The van der Waals surface area contributed by atoms with Gasteiger partial charge in [0.1, 0.15) is 17.2 Å². The number of nitrogens with zero attached hydrogens (tertiary/aromatic N) is 2. The van der Waals surface area contributed by atoms with E-state index >= 15 is 0 Å². The minimum Gasteiger partial charge on any atom is -0.494 e. The van der Waals surface area contributed by atoms with Gasteiger partial charge in [-0.05, 0) is 32.9 Å². The van der Waals surface area contributed by atoms with Gasteiger partial charge in [0.25, 0.3) is 5.91 Å². The zero-order valence-corrected chi connectivity index (χ0v) is 19.4. The summed E-state index contributed by atoms with van der Waals surface area (Å²) in [6, 6.07) is 6.71. The van der Waals surface area contributed by atoms with Crippen molar-refractivity contribution in [1.29, 1.82) is 0 Å². The standard InChI is InChI=1S/C22H26ClN3O6/c1-6-31-15-10-14(11-16(12-15)32-7-2)25-26-19(13(3)27)22(28)24-20-17(23)8-9-18(29-4)21(20)30-5/h8-12,19H,6-7H2,1-5H3,(H,24,28). The number of benzene rings is 2. The number of anilines is 1. The van der Waals surface area contributed by atoms with Crippen LogP contribution in [0.4, 0.5) is 11.4 Å². The molecule has 172 valence electrons. The SMILES string of the molecule is CCOc1cc(N=NC(C(C)=O)C(=O)Nc2c(Cl)ccc(OC)c2OC)cc(OCC)c1. The second-order valence-electron chi connectivity index (χ2n) is 6.40. The van der Waals surface area contributed by atoms with E-state index in [0.29, 0.717) is 36.1 Å². The van der Waals surface area contributed by atoms with Gasteiger partial charge in [-0.1, -0.05) is 11.6 Å². The molecule has 1 N–H and O–H groups in total. The molecule has 0 aliphatic rings. The van der Waals surface area contributed by atoms with Crippen molar-refractivity contribution in [1.82, 2.24) is 0 Å². The molecule has 0 aromatic heterocycles. The molecule has 0 aliphatic carbocycles. The Bertz CT molecular complexity index is 972. The largest absolute Gasteiger partial charge is 0.494 e. The Morgan fingerprint density at radius 2 is 1.66 bits per heavy atom. The quantitative estimate of drug-likeness (QED) is 0.377. The zero-order valence-electron chi connectivity index (χ0n) is 18.6. The molecular weight excluding hydrogens is 438 g/mol. The van der Waals surface area contributed by atoms with E-state index in [1.54, 1.807) is 24.3 Å². The number of hydrogen-bond donors (Lipinski definition) is 1. The summed E-state index contributed by atoms with van der Waals surface area (Å²) >= 11 is 6.22. The molecule has 0 bridgehead atoms. The number of halogens is 1. The lowest BCUT2D eigenvalue weighted by Crippen LogP contribution is -2.32. The third-order valence-corrected chi connectivity index (χ3v) is 4.47. The second-order valence-corrected chi connectivity index (χ2v) is 6.81. The minimum atomic E-state index is -1.41. The van der Waals surface area contributed by atoms with E-state index in [-0.39, 0.29) is 16.5 Å². The summed E-state index contributed by atoms with van der Waals surface area (Å²) in [6.07, 6.45) is 0. The van der Waals surface area contributed by atoms with Crippen LogP contribution >= 0.6 is 11.6 Å². The van der Waals surface area contributed by atoms with Crippen LogP contribution in [0.25, 0.3) is 0 Å². The molecule has 2 rings (SSSR count). The van der Waals surface area contributed by atoms with Gasteiger partial charge < -0.3 is 24.3 Å². The lowest BCUT2D eigenvalue weighted by molar-refractivity contribution is -0.126. The number of azo groups is 1. The van der Waals surface area contributed by atoms with E-state index in [4.69, 9.17) is 30.5 Å². The molecule has 2 aromatic carbocycles. The predicted molar refractivity (Wildman–Crippen MR) is 121 cm³/mol. The predicted octanol–water partition coefficient (Wildman–Crippen LogP) is 4.83. The third kappa shape index (κ3) is 6.34. The maximum Gasteiger partial charge on any atom is 0.258 e. The molecule has 0 radical (unpaired) electrons. The van der Waals surface area contributed by atoms with Crippen molar-refractivity contribution in [3.05, 3.63) is 35.4 Å². The van der Waals surface area contributed by atoms with Crippen molar-refractivity contribution in [3.8, 4) is 23.0 Å². The summed E-state index contributed by atoms with van der Waals surface area (Å²) in [5.74, 6) is 0.423. The second kappa shape index (κ2) is 11.9. The number of ether oxygens (including phenoxy) is 4. The number of methoxy groups -OCH3 is 2.